The molecule has 224 valence electrons. The highest BCUT2D eigenvalue weighted by atomic mass is 14.2. The zero-order valence-corrected chi connectivity index (χ0v) is 26.5. The van der Waals surface area contributed by atoms with Crippen LogP contribution in [0.4, 0.5) is 0 Å². The minimum atomic E-state index is 1.21. The Morgan fingerprint density at radius 3 is 1.25 bits per heavy atom. The van der Waals surface area contributed by atoms with Crippen LogP contribution >= 0.6 is 0 Å². The van der Waals surface area contributed by atoms with Gasteiger partial charge in [0.1, 0.15) is 0 Å². The van der Waals surface area contributed by atoms with Crippen LogP contribution in [0.3, 0.4) is 0 Å². The van der Waals surface area contributed by atoms with Gasteiger partial charge in [-0.25, -0.2) is 0 Å². The van der Waals surface area contributed by atoms with Gasteiger partial charge in [0.2, 0.25) is 0 Å². The molecule has 0 spiro atoms. The van der Waals surface area contributed by atoms with Gasteiger partial charge in [-0.2, -0.15) is 0 Å². The van der Waals surface area contributed by atoms with Crippen LogP contribution in [0.2, 0.25) is 0 Å². The number of benzene rings is 9. The Kier molecular flexibility index (Phi) is 6.91. The van der Waals surface area contributed by atoms with Gasteiger partial charge in [0.05, 0.1) is 0 Å². The number of hydrogen-bond donors (Lipinski definition) is 0. The predicted octanol–water partition coefficient (Wildman–Crippen LogP) is 13.5. The highest BCUT2D eigenvalue weighted by Crippen LogP contribution is 2.46. The summed E-state index contributed by atoms with van der Waals surface area (Å²) >= 11 is 0. The topological polar surface area (TPSA) is 0 Å². The van der Waals surface area contributed by atoms with Gasteiger partial charge in [0.25, 0.3) is 0 Å². The van der Waals surface area contributed by atoms with E-state index in [2.05, 4.69) is 194 Å². The lowest BCUT2D eigenvalue weighted by atomic mass is 9.84. The molecular weight excluding hydrogens is 577 g/mol. The van der Waals surface area contributed by atoms with Crippen molar-refractivity contribution in [1.82, 2.24) is 0 Å². The second-order valence-electron chi connectivity index (χ2n) is 12.5. The lowest BCUT2D eigenvalue weighted by Crippen LogP contribution is -1.92. The van der Waals surface area contributed by atoms with E-state index >= 15 is 0 Å². The van der Waals surface area contributed by atoms with Crippen LogP contribution in [-0.4, -0.2) is 0 Å². The third-order valence-corrected chi connectivity index (χ3v) is 9.67. The van der Waals surface area contributed by atoms with Gasteiger partial charge in [-0.15, -0.1) is 0 Å². The zero-order chi connectivity index (χ0) is 31.9. The van der Waals surface area contributed by atoms with Gasteiger partial charge in [0, 0.05) is 0 Å². The van der Waals surface area contributed by atoms with Gasteiger partial charge in [0.15, 0.2) is 0 Å². The third-order valence-electron chi connectivity index (χ3n) is 9.67. The summed E-state index contributed by atoms with van der Waals surface area (Å²) in [5, 5.41) is 7.57. The predicted molar refractivity (Wildman–Crippen MR) is 206 cm³/mol. The second kappa shape index (κ2) is 11.8. The SMILES string of the molecule is c1ccc(-c2ccc(-c3cccc(-c4c5ccccc5c(-c5cccc6ccc(-c7ccccc7)cc56)c5ccccc45)c3)cc2)cc1. The molecular formula is C48H32. The molecule has 0 aliphatic carbocycles. The van der Waals surface area contributed by atoms with Crippen molar-refractivity contribution in [2.45, 2.75) is 0 Å². The quantitative estimate of drug-likeness (QED) is 0.171. The molecule has 0 aliphatic heterocycles. The summed E-state index contributed by atoms with van der Waals surface area (Å²) in [6.45, 7) is 0. The van der Waals surface area contributed by atoms with Gasteiger partial charge in [-0.3, -0.25) is 0 Å². The minimum Gasteiger partial charge on any atom is -0.0622 e. The van der Waals surface area contributed by atoms with Crippen LogP contribution in [0.15, 0.2) is 194 Å². The van der Waals surface area contributed by atoms with Crippen LogP contribution in [0.25, 0.3) is 88.0 Å². The fraction of sp³-hybridized carbons (Fsp3) is 0. The summed E-state index contributed by atoms with van der Waals surface area (Å²) in [5.74, 6) is 0. The summed E-state index contributed by atoms with van der Waals surface area (Å²) in [4.78, 5) is 0. The first kappa shape index (κ1) is 28.0. The fourth-order valence-corrected chi connectivity index (χ4v) is 7.37. The highest BCUT2D eigenvalue weighted by Gasteiger charge is 2.18. The van der Waals surface area contributed by atoms with Gasteiger partial charge < -0.3 is 0 Å². The Hall–Kier alpha value is -6.24. The smallest absolute Gasteiger partial charge is 0.00201 e. The molecule has 0 saturated carbocycles. The van der Waals surface area contributed by atoms with E-state index in [1.54, 1.807) is 0 Å². The molecule has 0 amide bonds. The first-order valence-corrected chi connectivity index (χ1v) is 16.6. The van der Waals surface area contributed by atoms with E-state index in [4.69, 9.17) is 0 Å². The lowest BCUT2D eigenvalue weighted by molar-refractivity contribution is 1.59. The van der Waals surface area contributed by atoms with E-state index in [9.17, 15) is 0 Å². The molecule has 0 unspecified atom stereocenters. The molecule has 0 aromatic heterocycles. The molecule has 0 atom stereocenters. The van der Waals surface area contributed by atoms with E-state index in [0.717, 1.165) is 0 Å². The van der Waals surface area contributed by atoms with Crippen LogP contribution in [-0.2, 0) is 0 Å². The van der Waals surface area contributed by atoms with E-state index in [1.807, 2.05) is 0 Å². The van der Waals surface area contributed by atoms with E-state index in [-0.39, 0.29) is 0 Å². The number of hydrogen-bond acceptors (Lipinski definition) is 0. The molecule has 0 nitrogen and oxygen atoms in total. The first-order chi connectivity index (χ1) is 23.8. The van der Waals surface area contributed by atoms with Crippen LogP contribution < -0.4 is 0 Å². The monoisotopic (exact) mass is 608 g/mol. The second-order valence-corrected chi connectivity index (χ2v) is 12.5. The summed E-state index contributed by atoms with van der Waals surface area (Å²) in [7, 11) is 0. The highest BCUT2D eigenvalue weighted by molar-refractivity contribution is 6.23. The van der Waals surface area contributed by atoms with Crippen molar-refractivity contribution >= 4 is 32.3 Å². The number of rotatable bonds is 5. The van der Waals surface area contributed by atoms with Gasteiger partial charge in [-0.1, -0.05) is 182 Å². The normalized spacial score (nSPS) is 11.3. The molecule has 0 heteroatoms. The fourth-order valence-electron chi connectivity index (χ4n) is 7.37. The standard InChI is InChI=1S/C48H32/c1-3-13-33(14-4-1)35-25-27-36(28-26-35)38-18-11-19-40(31-38)47-41-20-7-9-22-43(41)48(44-23-10-8-21-42(44)47)45-24-12-17-37-29-30-39(32-46(37)45)34-15-5-2-6-16-34/h1-32H. The van der Waals surface area contributed by atoms with Crippen LogP contribution in [0.5, 0.6) is 0 Å². The molecule has 0 aliphatic rings. The maximum atomic E-state index is 2.37. The Morgan fingerprint density at radius 1 is 0.208 bits per heavy atom. The van der Waals surface area contributed by atoms with E-state index in [1.165, 1.54) is 88.0 Å². The molecule has 0 bridgehead atoms. The maximum Gasteiger partial charge on any atom is -0.00201 e. The Morgan fingerprint density at radius 2 is 0.625 bits per heavy atom. The summed E-state index contributed by atoms with van der Waals surface area (Å²) < 4.78 is 0. The summed E-state index contributed by atoms with van der Waals surface area (Å²) in [6.07, 6.45) is 0. The molecule has 9 aromatic rings. The zero-order valence-electron chi connectivity index (χ0n) is 26.5. The van der Waals surface area contributed by atoms with Crippen LogP contribution in [0.1, 0.15) is 0 Å². The van der Waals surface area contributed by atoms with Crippen molar-refractivity contribution in [3.8, 4) is 55.6 Å². The van der Waals surface area contributed by atoms with Crippen molar-refractivity contribution in [2.75, 3.05) is 0 Å². The van der Waals surface area contributed by atoms with E-state index < -0.39 is 0 Å². The Bertz CT molecular complexity index is 2520. The molecule has 9 aromatic carbocycles. The third kappa shape index (κ3) is 4.87. The molecule has 0 N–H and O–H groups in total. The average molecular weight is 609 g/mol. The van der Waals surface area contributed by atoms with Crippen molar-refractivity contribution in [2.24, 2.45) is 0 Å². The molecule has 48 heavy (non-hydrogen) atoms. The van der Waals surface area contributed by atoms with Crippen molar-refractivity contribution < 1.29 is 0 Å². The van der Waals surface area contributed by atoms with Gasteiger partial charge in [-0.05, 0) is 100 Å². The molecule has 0 fully saturated rings. The van der Waals surface area contributed by atoms with E-state index in [0.29, 0.717) is 0 Å². The van der Waals surface area contributed by atoms with Crippen molar-refractivity contribution in [3.63, 3.8) is 0 Å². The number of fused-ring (bicyclic) bond motifs is 3. The van der Waals surface area contributed by atoms with Crippen molar-refractivity contribution in [1.29, 1.82) is 0 Å². The van der Waals surface area contributed by atoms with Gasteiger partial charge >= 0.3 is 0 Å². The largest absolute Gasteiger partial charge is 0.0622 e. The first-order valence-electron chi connectivity index (χ1n) is 16.6. The Labute approximate surface area is 281 Å². The van der Waals surface area contributed by atoms with Crippen LogP contribution in [0, 0.1) is 0 Å². The lowest BCUT2D eigenvalue weighted by Gasteiger charge is -2.19. The summed E-state index contributed by atoms with van der Waals surface area (Å²) in [5.41, 5.74) is 12.4. The molecule has 0 saturated heterocycles. The minimum absolute atomic E-state index is 1.21. The van der Waals surface area contributed by atoms with Crippen molar-refractivity contribution in [3.05, 3.63) is 194 Å². The molecule has 9 rings (SSSR count). The Balaban J connectivity index is 1.24. The summed E-state index contributed by atoms with van der Waals surface area (Å²) in [6, 6.07) is 70.7. The average Bonchev–Trinajstić information content (AvgIpc) is 3.17. The maximum absolute atomic E-state index is 2.37. The molecule has 0 heterocycles. The molecule has 0 radical (unpaired) electrons.